The van der Waals surface area contributed by atoms with Gasteiger partial charge in [-0.2, -0.15) is 0 Å². The summed E-state index contributed by atoms with van der Waals surface area (Å²) in [5.41, 5.74) is 4.66. The maximum atomic E-state index is 11.3. The second kappa shape index (κ2) is 9.77. The molecule has 5 aromatic rings. The summed E-state index contributed by atoms with van der Waals surface area (Å²) in [5.74, 6) is 1.84. The van der Waals surface area contributed by atoms with E-state index in [0.717, 1.165) is 38.6 Å². The molecule has 1 aliphatic rings. The van der Waals surface area contributed by atoms with Gasteiger partial charge in [0.25, 0.3) is 0 Å². The lowest BCUT2D eigenvalue weighted by molar-refractivity contribution is 0.159. The van der Waals surface area contributed by atoms with Crippen LogP contribution in [-0.4, -0.2) is 29.3 Å². The maximum Gasteiger partial charge on any atom is 0.127 e. The van der Waals surface area contributed by atoms with Crippen LogP contribution in [0.2, 0.25) is 0 Å². The molecule has 0 unspecified atom stereocenters. The number of hydrogen-bond donors (Lipinski definition) is 2. The Labute approximate surface area is 222 Å². The standard InChI is InChI=1S/C33H29NO4/c1-37-25-16-13-24(28(19-25)38-2)20-34-32(22-9-5-3-6-10-22)30-26(35)17-14-21-15-18-27(36)31(29(21)30)33(34)23-11-7-4-8-12-23/h3-19,32-33,35-36H,20H2,1-2H3/t32-,33-/m1/s1. The molecule has 5 aromatic carbocycles. The van der Waals surface area contributed by atoms with Crippen molar-refractivity contribution in [3.63, 3.8) is 0 Å². The molecular formula is C33H29NO4. The molecule has 0 bridgehead atoms. The molecule has 5 nitrogen and oxygen atoms in total. The molecule has 1 aliphatic heterocycles. The predicted molar refractivity (Wildman–Crippen MR) is 149 cm³/mol. The normalized spacial score (nSPS) is 16.9. The highest BCUT2D eigenvalue weighted by molar-refractivity contribution is 5.95. The number of methoxy groups -OCH3 is 2. The van der Waals surface area contributed by atoms with E-state index >= 15 is 0 Å². The van der Waals surface area contributed by atoms with Crippen LogP contribution in [0.3, 0.4) is 0 Å². The van der Waals surface area contributed by atoms with Gasteiger partial charge in [-0.05, 0) is 40.1 Å². The third-order valence-electron chi connectivity index (χ3n) is 7.51. The Morgan fingerprint density at radius 1 is 0.658 bits per heavy atom. The van der Waals surface area contributed by atoms with E-state index in [1.165, 1.54) is 0 Å². The Balaban J connectivity index is 1.67. The number of ether oxygens (including phenoxy) is 2. The maximum absolute atomic E-state index is 11.3. The molecule has 0 aromatic heterocycles. The van der Waals surface area contributed by atoms with Gasteiger partial charge in [0.05, 0.1) is 26.3 Å². The van der Waals surface area contributed by atoms with E-state index in [4.69, 9.17) is 9.47 Å². The first-order chi connectivity index (χ1) is 18.6. The van der Waals surface area contributed by atoms with E-state index < -0.39 is 0 Å². The molecular weight excluding hydrogens is 474 g/mol. The molecule has 190 valence electrons. The third kappa shape index (κ3) is 3.92. The SMILES string of the molecule is COc1ccc(CN2[C@H](c3ccccc3)c3c(O)ccc4ccc(O)c(c34)[C@H]2c2ccccc2)c(OC)c1. The zero-order chi connectivity index (χ0) is 26.2. The Bertz CT molecular complexity index is 1510. The average molecular weight is 504 g/mol. The summed E-state index contributed by atoms with van der Waals surface area (Å²) in [6.07, 6.45) is 0. The molecule has 0 amide bonds. The highest BCUT2D eigenvalue weighted by atomic mass is 16.5. The molecule has 0 radical (unpaired) electrons. The Hall–Kier alpha value is -4.48. The van der Waals surface area contributed by atoms with E-state index in [0.29, 0.717) is 18.0 Å². The van der Waals surface area contributed by atoms with Crippen LogP contribution in [-0.2, 0) is 6.54 Å². The van der Waals surface area contributed by atoms with Crippen LogP contribution in [0.1, 0.15) is 39.9 Å². The first kappa shape index (κ1) is 23.9. The largest absolute Gasteiger partial charge is 0.508 e. The molecule has 2 N–H and O–H groups in total. The van der Waals surface area contributed by atoms with Crippen molar-refractivity contribution in [1.82, 2.24) is 4.90 Å². The predicted octanol–water partition coefficient (Wildman–Crippen LogP) is 6.96. The van der Waals surface area contributed by atoms with Gasteiger partial charge < -0.3 is 19.7 Å². The van der Waals surface area contributed by atoms with Gasteiger partial charge in [-0.25, -0.2) is 0 Å². The summed E-state index contributed by atoms with van der Waals surface area (Å²) < 4.78 is 11.2. The van der Waals surface area contributed by atoms with Gasteiger partial charge in [0.1, 0.15) is 23.0 Å². The van der Waals surface area contributed by atoms with E-state index in [2.05, 4.69) is 29.2 Å². The summed E-state index contributed by atoms with van der Waals surface area (Å²) in [7, 11) is 3.30. The molecule has 0 fully saturated rings. The van der Waals surface area contributed by atoms with Crippen LogP contribution in [0, 0.1) is 0 Å². The number of benzene rings is 5. The summed E-state index contributed by atoms with van der Waals surface area (Å²) in [6, 6.07) is 33.1. The fraction of sp³-hybridized carbons (Fsp3) is 0.152. The monoisotopic (exact) mass is 503 g/mol. The Kier molecular flexibility index (Phi) is 6.14. The summed E-state index contributed by atoms with van der Waals surface area (Å²) in [6.45, 7) is 0.496. The van der Waals surface area contributed by atoms with E-state index in [1.54, 1.807) is 26.4 Å². The third-order valence-corrected chi connectivity index (χ3v) is 7.51. The minimum Gasteiger partial charge on any atom is -0.508 e. The molecule has 5 heteroatoms. The van der Waals surface area contributed by atoms with E-state index in [-0.39, 0.29) is 23.6 Å². The number of phenols is 2. The smallest absolute Gasteiger partial charge is 0.127 e. The topological polar surface area (TPSA) is 62.2 Å². The van der Waals surface area contributed by atoms with E-state index in [9.17, 15) is 10.2 Å². The summed E-state index contributed by atoms with van der Waals surface area (Å²) in [4.78, 5) is 2.34. The number of hydrogen-bond acceptors (Lipinski definition) is 5. The molecule has 1 heterocycles. The zero-order valence-corrected chi connectivity index (χ0v) is 21.3. The lowest BCUT2D eigenvalue weighted by Gasteiger charge is -2.44. The van der Waals surface area contributed by atoms with Gasteiger partial charge in [0.2, 0.25) is 0 Å². The van der Waals surface area contributed by atoms with Crippen LogP contribution in [0.5, 0.6) is 23.0 Å². The van der Waals surface area contributed by atoms with Crippen molar-refractivity contribution in [3.8, 4) is 23.0 Å². The van der Waals surface area contributed by atoms with Crippen molar-refractivity contribution in [3.05, 3.63) is 131 Å². The fourth-order valence-corrected chi connectivity index (χ4v) is 5.83. The highest BCUT2D eigenvalue weighted by Crippen LogP contribution is 2.54. The van der Waals surface area contributed by atoms with Crippen molar-refractivity contribution < 1.29 is 19.7 Å². The second-order valence-electron chi connectivity index (χ2n) is 9.57. The second-order valence-corrected chi connectivity index (χ2v) is 9.57. The molecule has 0 saturated heterocycles. The number of rotatable bonds is 6. The van der Waals surface area contributed by atoms with Crippen molar-refractivity contribution in [2.75, 3.05) is 14.2 Å². The van der Waals surface area contributed by atoms with E-state index in [1.807, 2.05) is 66.7 Å². The lowest BCUT2D eigenvalue weighted by Crippen LogP contribution is -2.37. The Morgan fingerprint density at radius 3 is 1.71 bits per heavy atom. The van der Waals surface area contributed by atoms with Crippen LogP contribution >= 0.6 is 0 Å². The quantitative estimate of drug-likeness (QED) is 0.262. The van der Waals surface area contributed by atoms with Crippen LogP contribution in [0.25, 0.3) is 10.8 Å². The minimum atomic E-state index is -0.286. The molecule has 0 spiro atoms. The van der Waals surface area contributed by atoms with Gasteiger partial charge >= 0.3 is 0 Å². The van der Waals surface area contributed by atoms with Crippen molar-refractivity contribution in [2.24, 2.45) is 0 Å². The van der Waals surface area contributed by atoms with Gasteiger partial charge in [0, 0.05) is 29.3 Å². The van der Waals surface area contributed by atoms with Gasteiger partial charge in [-0.1, -0.05) is 78.9 Å². The molecule has 38 heavy (non-hydrogen) atoms. The molecule has 6 rings (SSSR count). The van der Waals surface area contributed by atoms with Crippen LogP contribution < -0.4 is 9.47 Å². The van der Waals surface area contributed by atoms with Gasteiger partial charge in [0.15, 0.2) is 0 Å². The van der Waals surface area contributed by atoms with Gasteiger partial charge in [-0.15, -0.1) is 0 Å². The highest BCUT2D eigenvalue weighted by Gasteiger charge is 2.41. The van der Waals surface area contributed by atoms with Crippen molar-refractivity contribution in [1.29, 1.82) is 0 Å². The summed E-state index contributed by atoms with van der Waals surface area (Å²) >= 11 is 0. The number of aromatic hydroxyl groups is 2. The first-order valence-corrected chi connectivity index (χ1v) is 12.6. The lowest BCUT2D eigenvalue weighted by atomic mass is 9.79. The fourth-order valence-electron chi connectivity index (χ4n) is 5.83. The average Bonchev–Trinajstić information content (AvgIpc) is 2.97. The molecule has 0 aliphatic carbocycles. The summed E-state index contributed by atoms with van der Waals surface area (Å²) in [5, 5.41) is 24.6. The zero-order valence-electron chi connectivity index (χ0n) is 21.3. The van der Waals surface area contributed by atoms with Gasteiger partial charge in [-0.3, -0.25) is 4.90 Å². The molecule has 2 atom stereocenters. The first-order valence-electron chi connectivity index (χ1n) is 12.6. The van der Waals surface area contributed by atoms with Crippen LogP contribution in [0.15, 0.2) is 103 Å². The Morgan fingerprint density at radius 2 is 1.21 bits per heavy atom. The minimum absolute atomic E-state index is 0.205. The molecule has 0 saturated carbocycles. The van der Waals surface area contributed by atoms with Crippen molar-refractivity contribution >= 4 is 10.8 Å². The van der Waals surface area contributed by atoms with Crippen molar-refractivity contribution in [2.45, 2.75) is 18.6 Å². The number of phenolic OH excluding ortho intramolecular Hbond substituents is 2. The number of nitrogens with zero attached hydrogens (tertiary/aromatic N) is 1. The van der Waals surface area contributed by atoms with Crippen LogP contribution in [0.4, 0.5) is 0 Å².